The van der Waals surface area contributed by atoms with E-state index in [4.69, 9.17) is 5.73 Å². The molecule has 0 aromatic heterocycles. The van der Waals surface area contributed by atoms with Crippen molar-refractivity contribution in [3.63, 3.8) is 0 Å². The minimum Gasteiger partial charge on any atom is -0.338 e. The van der Waals surface area contributed by atoms with Crippen LogP contribution in [0.1, 0.15) is 39.5 Å². The van der Waals surface area contributed by atoms with Crippen molar-refractivity contribution < 1.29 is 4.79 Å². The molecule has 3 heteroatoms. The van der Waals surface area contributed by atoms with Crippen LogP contribution >= 0.6 is 0 Å². The fraction of sp³-hybridized carbons (Fsp3) is 0.909. The number of hydrogen-bond donors (Lipinski definition) is 1. The number of amides is 1. The van der Waals surface area contributed by atoms with Crippen LogP contribution in [0.25, 0.3) is 0 Å². The summed E-state index contributed by atoms with van der Waals surface area (Å²) in [4.78, 5) is 14.1. The molecule has 14 heavy (non-hydrogen) atoms. The van der Waals surface area contributed by atoms with Crippen LogP contribution in [-0.4, -0.2) is 28.9 Å². The van der Waals surface area contributed by atoms with Crippen LogP contribution in [0.4, 0.5) is 0 Å². The second kappa shape index (κ2) is 3.23. The Kier molecular flexibility index (Phi) is 2.30. The second-order valence-corrected chi connectivity index (χ2v) is 5.05. The Balaban J connectivity index is 2.06. The highest BCUT2D eigenvalue weighted by atomic mass is 16.2. The standard InChI is InChI=1S/C11H20N2O/c1-8-4-3-7-13(8)10(14)11(2,12)9-5-6-9/h8-9H,3-7,12H2,1-2H3. The molecule has 0 aromatic carbocycles. The number of carbonyl (C=O) groups excluding carboxylic acids is 1. The predicted octanol–water partition coefficient (Wildman–Crippen LogP) is 1.12. The first kappa shape index (κ1) is 9.97. The first-order chi connectivity index (χ1) is 6.53. The molecule has 1 saturated heterocycles. The molecule has 2 atom stereocenters. The molecule has 1 saturated carbocycles. The first-order valence-electron chi connectivity index (χ1n) is 5.63. The highest BCUT2D eigenvalue weighted by molar-refractivity contribution is 5.87. The molecule has 2 rings (SSSR count). The number of nitrogens with zero attached hydrogens (tertiary/aromatic N) is 1. The monoisotopic (exact) mass is 196 g/mol. The minimum atomic E-state index is -0.599. The summed E-state index contributed by atoms with van der Waals surface area (Å²) in [5.41, 5.74) is 5.52. The molecule has 2 aliphatic rings. The Morgan fingerprint density at radius 2 is 2.07 bits per heavy atom. The average molecular weight is 196 g/mol. The van der Waals surface area contributed by atoms with Gasteiger partial charge in [0.2, 0.25) is 5.91 Å². The van der Waals surface area contributed by atoms with Gasteiger partial charge in [-0.2, -0.15) is 0 Å². The van der Waals surface area contributed by atoms with Gasteiger partial charge in [-0.25, -0.2) is 0 Å². The molecule has 1 heterocycles. The third-order valence-electron chi connectivity index (χ3n) is 3.70. The fourth-order valence-electron chi connectivity index (χ4n) is 2.40. The highest BCUT2D eigenvalue weighted by Gasteiger charge is 2.47. The maximum absolute atomic E-state index is 12.2. The van der Waals surface area contributed by atoms with Gasteiger partial charge in [0, 0.05) is 12.6 Å². The largest absolute Gasteiger partial charge is 0.338 e. The molecule has 3 nitrogen and oxygen atoms in total. The van der Waals surface area contributed by atoms with E-state index in [9.17, 15) is 4.79 Å². The predicted molar refractivity (Wildman–Crippen MR) is 55.7 cm³/mol. The Labute approximate surface area is 85.6 Å². The van der Waals surface area contributed by atoms with Crippen molar-refractivity contribution in [1.29, 1.82) is 0 Å². The van der Waals surface area contributed by atoms with Crippen molar-refractivity contribution in [2.75, 3.05) is 6.54 Å². The third-order valence-corrected chi connectivity index (χ3v) is 3.70. The molecule has 0 radical (unpaired) electrons. The first-order valence-corrected chi connectivity index (χ1v) is 5.63. The lowest BCUT2D eigenvalue weighted by Crippen LogP contribution is -2.55. The third kappa shape index (κ3) is 1.54. The summed E-state index contributed by atoms with van der Waals surface area (Å²) in [6.07, 6.45) is 4.52. The van der Waals surface area contributed by atoms with E-state index < -0.39 is 5.54 Å². The van der Waals surface area contributed by atoms with Gasteiger partial charge in [0.15, 0.2) is 0 Å². The summed E-state index contributed by atoms with van der Waals surface area (Å²) in [7, 11) is 0. The molecule has 0 bridgehead atoms. The molecule has 0 aromatic rings. The van der Waals surface area contributed by atoms with Gasteiger partial charge in [-0.1, -0.05) is 0 Å². The van der Waals surface area contributed by atoms with Crippen molar-refractivity contribution in [2.24, 2.45) is 11.7 Å². The molecule has 1 amide bonds. The van der Waals surface area contributed by atoms with E-state index in [0.717, 1.165) is 32.2 Å². The lowest BCUT2D eigenvalue weighted by molar-refractivity contribution is -0.137. The van der Waals surface area contributed by atoms with Crippen LogP contribution < -0.4 is 5.73 Å². The summed E-state index contributed by atoms with van der Waals surface area (Å²) in [6, 6.07) is 0.393. The SMILES string of the molecule is CC1CCCN1C(=O)C(C)(N)C1CC1. The summed E-state index contributed by atoms with van der Waals surface area (Å²) in [5, 5.41) is 0. The molecule has 80 valence electrons. The fourth-order valence-corrected chi connectivity index (χ4v) is 2.40. The normalized spacial score (nSPS) is 31.6. The summed E-state index contributed by atoms with van der Waals surface area (Å²) < 4.78 is 0. The molecule has 2 unspecified atom stereocenters. The van der Waals surface area contributed by atoms with E-state index >= 15 is 0 Å². The lowest BCUT2D eigenvalue weighted by atomic mass is 9.95. The highest BCUT2D eigenvalue weighted by Crippen LogP contribution is 2.39. The van der Waals surface area contributed by atoms with E-state index in [-0.39, 0.29) is 5.91 Å². The molecule has 2 N–H and O–H groups in total. The van der Waals surface area contributed by atoms with Crippen molar-refractivity contribution in [3.8, 4) is 0 Å². The number of hydrogen-bond acceptors (Lipinski definition) is 2. The molecule has 2 fully saturated rings. The van der Waals surface area contributed by atoms with Gasteiger partial charge >= 0.3 is 0 Å². The smallest absolute Gasteiger partial charge is 0.242 e. The van der Waals surface area contributed by atoms with Crippen LogP contribution in [-0.2, 0) is 4.79 Å². The zero-order valence-electron chi connectivity index (χ0n) is 9.12. The number of nitrogens with two attached hydrogens (primary N) is 1. The Bertz CT molecular complexity index is 246. The van der Waals surface area contributed by atoms with E-state index in [1.54, 1.807) is 0 Å². The maximum atomic E-state index is 12.2. The van der Waals surface area contributed by atoms with Crippen LogP contribution in [0.5, 0.6) is 0 Å². The minimum absolute atomic E-state index is 0.171. The molecular weight excluding hydrogens is 176 g/mol. The van der Waals surface area contributed by atoms with Crippen molar-refractivity contribution in [1.82, 2.24) is 4.90 Å². The quantitative estimate of drug-likeness (QED) is 0.719. The molecule has 1 aliphatic heterocycles. The molecule has 1 aliphatic carbocycles. The Morgan fingerprint density at radius 1 is 1.43 bits per heavy atom. The van der Waals surface area contributed by atoms with Gasteiger partial charge in [-0.15, -0.1) is 0 Å². The Morgan fingerprint density at radius 3 is 2.50 bits per heavy atom. The zero-order chi connectivity index (χ0) is 10.3. The summed E-state index contributed by atoms with van der Waals surface area (Å²) in [5.74, 6) is 0.604. The van der Waals surface area contributed by atoms with Gasteiger partial charge in [0.25, 0.3) is 0 Å². The molecular formula is C11H20N2O. The van der Waals surface area contributed by atoms with Gasteiger partial charge < -0.3 is 10.6 Å². The number of rotatable bonds is 2. The topological polar surface area (TPSA) is 46.3 Å². The van der Waals surface area contributed by atoms with E-state index in [1.165, 1.54) is 0 Å². The number of carbonyl (C=O) groups is 1. The van der Waals surface area contributed by atoms with E-state index in [0.29, 0.717) is 12.0 Å². The van der Waals surface area contributed by atoms with Crippen LogP contribution in [0.15, 0.2) is 0 Å². The zero-order valence-corrected chi connectivity index (χ0v) is 9.12. The van der Waals surface area contributed by atoms with Crippen molar-refractivity contribution in [2.45, 2.75) is 51.1 Å². The van der Waals surface area contributed by atoms with E-state index in [1.807, 2.05) is 11.8 Å². The molecule has 0 spiro atoms. The lowest BCUT2D eigenvalue weighted by Gasteiger charge is -2.31. The maximum Gasteiger partial charge on any atom is 0.242 e. The summed E-state index contributed by atoms with van der Waals surface area (Å²) >= 11 is 0. The van der Waals surface area contributed by atoms with Gasteiger partial charge in [-0.3, -0.25) is 4.79 Å². The van der Waals surface area contributed by atoms with Crippen LogP contribution in [0, 0.1) is 5.92 Å². The second-order valence-electron chi connectivity index (χ2n) is 5.05. The van der Waals surface area contributed by atoms with Gasteiger partial charge in [-0.05, 0) is 45.4 Å². The summed E-state index contributed by atoms with van der Waals surface area (Å²) in [6.45, 7) is 4.92. The van der Waals surface area contributed by atoms with Crippen molar-refractivity contribution in [3.05, 3.63) is 0 Å². The average Bonchev–Trinajstić information content (AvgIpc) is 2.89. The Hall–Kier alpha value is -0.570. The van der Waals surface area contributed by atoms with Gasteiger partial charge in [0.05, 0.1) is 5.54 Å². The van der Waals surface area contributed by atoms with Crippen LogP contribution in [0.3, 0.4) is 0 Å². The van der Waals surface area contributed by atoms with Gasteiger partial charge in [0.1, 0.15) is 0 Å². The number of likely N-dealkylation sites (tertiary alicyclic amines) is 1. The van der Waals surface area contributed by atoms with Crippen LogP contribution in [0.2, 0.25) is 0 Å². The van der Waals surface area contributed by atoms with E-state index in [2.05, 4.69) is 6.92 Å². The van der Waals surface area contributed by atoms with Crippen molar-refractivity contribution >= 4 is 5.91 Å².